The molecule has 0 saturated heterocycles. The highest BCUT2D eigenvalue weighted by molar-refractivity contribution is 5.45. The topological polar surface area (TPSA) is 12.0 Å². The number of halogens is 3. The number of hydrogen-bond donors (Lipinski definition) is 1. The van der Waals surface area contributed by atoms with Crippen LogP contribution in [0.1, 0.15) is 18.5 Å². The highest BCUT2D eigenvalue weighted by atomic mass is 19.2. The average Bonchev–Trinajstić information content (AvgIpc) is 2.34. The van der Waals surface area contributed by atoms with E-state index in [1.165, 1.54) is 12.1 Å². The van der Waals surface area contributed by atoms with E-state index in [1.807, 2.05) is 0 Å². The monoisotopic (exact) mass is 251 g/mol. The predicted molar refractivity (Wildman–Crippen MR) is 64.8 cm³/mol. The van der Waals surface area contributed by atoms with Crippen LogP contribution in [-0.2, 0) is 0 Å². The summed E-state index contributed by atoms with van der Waals surface area (Å²) in [6.07, 6.45) is 0. The first-order chi connectivity index (χ1) is 8.58. The lowest BCUT2D eigenvalue weighted by Crippen LogP contribution is -2.08. The summed E-state index contributed by atoms with van der Waals surface area (Å²) in [5, 5.41) is 2.92. The van der Waals surface area contributed by atoms with E-state index in [0.717, 1.165) is 12.1 Å². The van der Waals surface area contributed by atoms with Crippen LogP contribution >= 0.6 is 0 Å². The zero-order chi connectivity index (χ0) is 13.1. The molecule has 0 spiro atoms. The Hall–Kier alpha value is -1.97. The molecule has 2 rings (SSSR count). The van der Waals surface area contributed by atoms with E-state index in [0.29, 0.717) is 11.3 Å². The Balaban J connectivity index is 2.19. The van der Waals surface area contributed by atoms with Crippen LogP contribution in [0.4, 0.5) is 18.9 Å². The van der Waals surface area contributed by atoms with Crippen LogP contribution in [0.5, 0.6) is 0 Å². The van der Waals surface area contributed by atoms with E-state index in [9.17, 15) is 13.2 Å². The molecule has 0 aliphatic carbocycles. The number of hydrogen-bond acceptors (Lipinski definition) is 1. The normalized spacial score (nSPS) is 12.2. The van der Waals surface area contributed by atoms with Gasteiger partial charge in [-0.1, -0.05) is 18.2 Å². The number of rotatable bonds is 3. The largest absolute Gasteiger partial charge is 0.378 e. The molecule has 1 nitrogen and oxygen atoms in total. The van der Waals surface area contributed by atoms with Crippen LogP contribution in [-0.4, -0.2) is 0 Å². The maximum atomic E-state index is 13.5. The molecule has 18 heavy (non-hydrogen) atoms. The Morgan fingerprint density at radius 1 is 0.889 bits per heavy atom. The van der Waals surface area contributed by atoms with Crippen molar-refractivity contribution in [2.45, 2.75) is 13.0 Å². The second-order valence-electron chi connectivity index (χ2n) is 4.02. The van der Waals surface area contributed by atoms with Crippen molar-refractivity contribution in [1.82, 2.24) is 0 Å². The molecule has 0 heterocycles. The van der Waals surface area contributed by atoms with Gasteiger partial charge in [0.15, 0.2) is 11.6 Å². The average molecular weight is 251 g/mol. The Bertz CT molecular complexity index is 554. The molecule has 2 aromatic rings. The van der Waals surface area contributed by atoms with Crippen molar-refractivity contribution in [2.24, 2.45) is 0 Å². The van der Waals surface area contributed by atoms with Crippen molar-refractivity contribution in [3.05, 3.63) is 65.5 Å². The second-order valence-corrected chi connectivity index (χ2v) is 4.02. The van der Waals surface area contributed by atoms with Gasteiger partial charge < -0.3 is 5.32 Å². The summed E-state index contributed by atoms with van der Waals surface area (Å²) in [4.78, 5) is 0. The molecule has 0 aliphatic heterocycles. The fourth-order valence-corrected chi connectivity index (χ4v) is 1.74. The van der Waals surface area contributed by atoms with Crippen molar-refractivity contribution in [3.8, 4) is 0 Å². The van der Waals surface area contributed by atoms with Gasteiger partial charge in [-0.2, -0.15) is 0 Å². The minimum absolute atomic E-state index is 0.333. The first-order valence-electron chi connectivity index (χ1n) is 5.54. The van der Waals surface area contributed by atoms with Crippen LogP contribution in [0.2, 0.25) is 0 Å². The number of anilines is 1. The van der Waals surface area contributed by atoms with E-state index in [2.05, 4.69) is 5.32 Å². The molecule has 1 atom stereocenters. The van der Waals surface area contributed by atoms with Crippen molar-refractivity contribution in [3.63, 3.8) is 0 Å². The Morgan fingerprint density at radius 3 is 2.28 bits per heavy atom. The molecular weight excluding hydrogens is 239 g/mol. The summed E-state index contributed by atoms with van der Waals surface area (Å²) in [7, 11) is 0. The van der Waals surface area contributed by atoms with E-state index < -0.39 is 11.6 Å². The summed E-state index contributed by atoms with van der Waals surface area (Å²) in [6.45, 7) is 1.75. The molecule has 1 N–H and O–H groups in total. The molecule has 1 unspecified atom stereocenters. The quantitative estimate of drug-likeness (QED) is 0.858. The van der Waals surface area contributed by atoms with Gasteiger partial charge in [-0.05, 0) is 25.1 Å². The third kappa shape index (κ3) is 2.64. The van der Waals surface area contributed by atoms with Gasteiger partial charge in [0.25, 0.3) is 0 Å². The molecule has 0 fully saturated rings. The lowest BCUT2D eigenvalue weighted by Gasteiger charge is -2.16. The van der Waals surface area contributed by atoms with Gasteiger partial charge in [0.2, 0.25) is 0 Å². The highest BCUT2D eigenvalue weighted by Gasteiger charge is 2.11. The molecule has 2 aromatic carbocycles. The molecule has 0 aliphatic rings. The molecule has 4 heteroatoms. The van der Waals surface area contributed by atoms with Gasteiger partial charge in [0.1, 0.15) is 5.82 Å². The number of benzene rings is 2. The maximum absolute atomic E-state index is 13.5. The minimum atomic E-state index is -0.930. The molecule has 0 radical (unpaired) electrons. The zero-order valence-electron chi connectivity index (χ0n) is 9.75. The summed E-state index contributed by atoms with van der Waals surface area (Å²) in [5.74, 6) is -2.17. The van der Waals surface area contributed by atoms with Gasteiger partial charge in [0.05, 0.1) is 6.04 Å². The third-order valence-corrected chi connectivity index (χ3v) is 2.67. The van der Waals surface area contributed by atoms with E-state index in [-0.39, 0.29) is 11.9 Å². The molecule has 0 amide bonds. The highest BCUT2D eigenvalue weighted by Crippen LogP contribution is 2.22. The zero-order valence-corrected chi connectivity index (χ0v) is 9.75. The Kier molecular flexibility index (Phi) is 3.55. The minimum Gasteiger partial charge on any atom is -0.378 e. The summed E-state index contributed by atoms with van der Waals surface area (Å²) in [5.41, 5.74) is 0.881. The van der Waals surface area contributed by atoms with E-state index in [1.54, 1.807) is 25.1 Å². The molecular formula is C14H12F3N. The van der Waals surface area contributed by atoms with Crippen molar-refractivity contribution in [1.29, 1.82) is 0 Å². The predicted octanol–water partition coefficient (Wildman–Crippen LogP) is 4.28. The van der Waals surface area contributed by atoms with Crippen LogP contribution in [0.25, 0.3) is 0 Å². The standard InChI is InChI=1S/C14H12F3N/c1-9(11-4-2-3-5-12(11)15)18-10-6-7-13(16)14(17)8-10/h2-9,18H,1H3. The van der Waals surface area contributed by atoms with Crippen LogP contribution in [0.3, 0.4) is 0 Å². The van der Waals surface area contributed by atoms with Gasteiger partial charge >= 0.3 is 0 Å². The summed E-state index contributed by atoms with van der Waals surface area (Å²) >= 11 is 0. The Morgan fingerprint density at radius 2 is 1.61 bits per heavy atom. The van der Waals surface area contributed by atoms with Crippen molar-refractivity contribution < 1.29 is 13.2 Å². The second kappa shape index (κ2) is 5.12. The van der Waals surface area contributed by atoms with E-state index in [4.69, 9.17) is 0 Å². The van der Waals surface area contributed by atoms with Gasteiger partial charge in [-0.15, -0.1) is 0 Å². The fraction of sp³-hybridized carbons (Fsp3) is 0.143. The first kappa shape index (κ1) is 12.5. The van der Waals surface area contributed by atoms with Gasteiger partial charge in [-0.25, -0.2) is 13.2 Å². The lowest BCUT2D eigenvalue weighted by molar-refractivity contribution is 0.509. The SMILES string of the molecule is CC(Nc1ccc(F)c(F)c1)c1ccccc1F. The molecule has 0 bridgehead atoms. The third-order valence-electron chi connectivity index (χ3n) is 2.67. The molecule has 0 aromatic heterocycles. The maximum Gasteiger partial charge on any atom is 0.160 e. The van der Waals surface area contributed by atoms with Crippen LogP contribution < -0.4 is 5.32 Å². The Labute approximate surface area is 103 Å². The summed E-state index contributed by atoms with van der Waals surface area (Å²) < 4.78 is 39.3. The van der Waals surface area contributed by atoms with Crippen molar-refractivity contribution in [2.75, 3.05) is 5.32 Å². The first-order valence-corrected chi connectivity index (χ1v) is 5.54. The van der Waals surface area contributed by atoms with Crippen LogP contribution in [0.15, 0.2) is 42.5 Å². The lowest BCUT2D eigenvalue weighted by atomic mass is 10.1. The molecule has 0 saturated carbocycles. The van der Waals surface area contributed by atoms with Crippen LogP contribution in [0, 0.1) is 17.5 Å². The van der Waals surface area contributed by atoms with Crippen molar-refractivity contribution >= 4 is 5.69 Å². The smallest absolute Gasteiger partial charge is 0.160 e. The summed E-state index contributed by atoms with van der Waals surface area (Å²) in [6, 6.07) is 9.49. The number of nitrogens with one attached hydrogen (secondary N) is 1. The van der Waals surface area contributed by atoms with E-state index >= 15 is 0 Å². The van der Waals surface area contributed by atoms with Gasteiger partial charge in [0, 0.05) is 17.3 Å². The molecule has 94 valence electrons. The fourth-order valence-electron chi connectivity index (χ4n) is 1.74. The van der Waals surface area contributed by atoms with Gasteiger partial charge in [-0.3, -0.25) is 0 Å².